The first-order valence-corrected chi connectivity index (χ1v) is 9.78. The third-order valence-electron chi connectivity index (χ3n) is 4.76. The van der Waals surface area contributed by atoms with E-state index in [2.05, 4.69) is 10.0 Å². The molecule has 1 aliphatic rings. The molecule has 24 heavy (non-hydrogen) atoms. The predicted octanol–water partition coefficient (Wildman–Crippen LogP) is 1.48. The number of nitrogens with two attached hydrogens (primary N) is 1. The van der Waals surface area contributed by atoms with Crippen molar-refractivity contribution in [3.05, 3.63) is 29.8 Å². The van der Waals surface area contributed by atoms with Crippen molar-refractivity contribution in [1.82, 2.24) is 10.0 Å². The van der Waals surface area contributed by atoms with Crippen molar-refractivity contribution in [3.63, 3.8) is 0 Å². The van der Waals surface area contributed by atoms with Gasteiger partial charge in [0.1, 0.15) is 0 Å². The van der Waals surface area contributed by atoms with E-state index in [0.29, 0.717) is 24.6 Å². The summed E-state index contributed by atoms with van der Waals surface area (Å²) >= 11 is 0. The number of amides is 1. The fourth-order valence-corrected chi connectivity index (χ4v) is 3.36. The number of hydrogen-bond acceptors (Lipinski definition) is 4. The largest absolute Gasteiger partial charge is 0.345 e. The topological polar surface area (TPSA) is 101 Å². The van der Waals surface area contributed by atoms with E-state index in [-0.39, 0.29) is 16.7 Å². The lowest BCUT2D eigenvalue weighted by molar-refractivity contribution is 0.0883. The normalized spacial score (nSPS) is 17.5. The predicted molar refractivity (Wildman–Crippen MR) is 94.1 cm³/mol. The number of benzene rings is 1. The summed E-state index contributed by atoms with van der Waals surface area (Å²) in [5.41, 5.74) is 5.55. The molecule has 0 bridgehead atoms. The molecule has 0 aromatic heterocycles. The van der Waals surface area contributed by atoms with E-state index < -0.39 is 15.6 Å². The van der Waals surface area contributed by atoms with Gasteiger partial charge in [-0.25, -0.2) is 13.1 Å². The Kier molecular flexibility index (Phi) is 5.67. The summed E-state index contributed by atoms with van der Waals surface area (Å²) in [6.45, 7) is 6.60. The van der Waals surface area contributed by atoms with Crippen LogP contribution in [-0.2, 0) is 10.0 Å². The van der Waals surface area contributed by atoms with E-state index in [4.69, 9.17) is 5.73 Å². The quantitative estimate of drug-likeness (QED) is 0.659. The molecule has 1 amide bonds. The molecule has 0 aliphatic heterocycles. The van der Waals surface area contributed by atoms with Crippen molar-refractivity contribution in [2.24, 2.45) is 17.6 Å². The Bertz CT molecular complexity index is 699. The van der Waals surface area contributed by atoms with Crippen LogP contribution in [0.25, 0.3) is 0 Å². The van der Waals surface area contributed by atoms with E-state index in [1.54, 1.807) is 12.1 Å². The average Bonchev–Trinajstić information content (AvgIpc) is 3.37. The van der Waals surface area contributed by atoms with Crippen LogP contribution < -0.4 is 15.8 Å². The molecule has 1 aromatic rings. The molecule has 1 aromatic carbocycles. The van der Waals surface area contributed by atoms with E-state index in [9.17, 15) is 13.2 Å². The number of carbonyl (C=O) groups is 1. The highest BCUT2D eigenvalue weighted by atomic mass is 32.2. The first-order chi connectivity index (χ1) is 11.2. The van der Waals surface area contributed by atoms with Crippen molar-refractivity contribution in [3.8, 4) is 0 Å². The monoisotopic (exact) mass is 353 g/mol. The van der Waals surface area contributed by atoms with Gasteiger partial charge in [0.15, 0.2) is 0 Å². The summed E-state index contributed by atoms with van der Waals surface area (Å²) in [6.07, 6.45) is 2.13. The fraction of sp³-hybridized carbons (Fsp3) is 0.588. The van der Waals surface area contributed by atoms with Gasteiger partial charge in [0, 0.05) is 18.7 Å². The van der Waals surface area contributed by atoms with Gasteiger partial charge in [0.25, 0.3) is 5.91 Å². The maximum atomic E-state index is 12.5. The zero-order valence-electron chi connectivity index (χ0n) is 14.5. The molecule has 1 atom stereocenters. The number of rotatable bonds is 8. The molecule has 1 saturated carbocycles. The van der Waals surface area contributed by atoms with E-state index >= 15 is 0 Å². The maximum absolute atomic E-state index is 12.5. The first-order valence-electron chi connectivity index (χ1n) is 8.30. The Labute approximate surface area is 144 Å². The van der Waals surface area contributed by atoms with Crippen LogP contribution >= 0.6 is 0 Å². The Morgan fingerprint density at radius 3 is 2.58 bits per heavy atom. The molecule has 0 spiro atoms. The van der Waals surface area contributed by atoms with Gasteiger partial charge in [-0.1, -0.05) is 19.9 Å². The van der Waals surface area contributed by atoms with E-state index in [1.165, 1.54) is 12.1 Å². The standard InChI is InChI=1S/C17H27N3O3S/c1-12(2)17(3,11-18)20-16(21)14-5-4-6-15(9-14)24(22,23)19-10-13-7-8-13/h4-6,9,12-13,19H,7-8,10-11,18H2,1-3H3,(H,20,21). The molecule has 2 rings (SSSR count). The van der Waals surface area contributed by atoms with Crippen molar-refractivity contribution in [2.45, 2.75) is 44.0 Å². The van der Waals surface area contributed by atoms with Crippen LogP contribution in [0.1, 0.15) is 44.0 Å². The summed E-state index contributed by atoms with van der Waals surface area (Å²) in [6, 6.07) is 6.08. The summed E-state index contributed by atoms with van der Waals surface area (Å²) in [4.78, 5) is 12.6. The lowest BCUT2D eigenvalue weighted by atomic mass is 9.88. The summed E-state index contributed by atoms with van der Waals surface area (Å²) in [5.74, 6) is 0.275. The van der Waals surface area contributed by atoms with Gasteiger partial charge >= 0.3 is 0 Å². The van der Waals surface area contributed by atoms with E-state index in [1.807, 2.05) is 20.8 Å². The van der Waals surface area contributed by atoms with Gasteiger partial charge < -0.3 is 11.1 Å². The van der Waals surface area contributed by atoms with Gasteiger partial charge in [-0.3, -0.25) is 4.79 Å². The molecule has 1 fully saturated rings. The SMILES string of the molecule is CC(C)C(C)(CN)NC(=O)c1cccc(S(=O)(=O)NCC2CC2)c1. The molecule has 4 N–H and O–H groups in total. The molecule has 6 nitrogen and oxygen atoms in total. The molecule has 0 heterocycles. The molecule has 0 radical (unpaired) electrons. The number of carbonyl (C=O) groups excluding carboxylic acids is 1. The Balaban J connectivity index is 2.15. The lowest BCUT2D eigenvalue weighted by Gasteiger charge is -2.33. The number of nitrogens with one attached hydrogen (secondary N) is 2. The summed E-state index contributed by atoms with van der Waals surface area (Å²) in [5, 5.41) is 2.92. The molecule has 7 heteroatoms. The Morgan fingerprint density at radius 1 is 1.38 bits per heavy atom. The first kappa shape index (κ1) is 18.9. The van der Waals surface area contributed by atoms with Gasteiger partial charge in [0.2, 0.25) is 10.0 Å². The highest BCUT2D eigenvalue weighted by Gasteiger charge is 2.29. The lowest BCUT2D eigenvalue weighted by Crippen LogP contribution is -2.55. The van der Waals surface area contributed by atoms with Crippen molar-refractivity contribution < 1.29 is 13.2 Å². The third kappa shape index (κ3) is 4.55. The Hall–Kier alpha value is -1.44. The highest BCUT2D eigenvalue weighted by Crippen LogP contribution is 2.28. The molecule has 0 saturated heterocycles. The molecular formula is C17H27N3O3S. The number of hydrogen-bond donors (Lipinski definition) is 3. The van der Waals surface area contributed by atoms with Crippen LogP contribution in [-0.4, -0.2) is 33.0 Å². The van der Waals surface area contributed by atoms with Crippen LogP contribution in [0.2, 0.25) is 0 Å². The second-order valence-corrected chi connectivity index (χ2v) is 8.82. The fourth-order valence-electron chi connectivity index (χ4n) is 2.20. The van der Waals surface area contributed by atoms with Gasteiger partial charge in [0.05, 0.1) is 10.4 Å². The summed E-state index contributed by atoms with van der Waals surface area (Å²) < 4.78 is 27.3. The molecule has 1 aliphatic carbocycles. The minimum absolute atomic E-state index is 0.106. The van der Waals surface area contributed by atoms with Crippen LogP contribution in [0.4, 0.5) is 0 Å². The number of sulfonamides is 1. The van der Waals surface area contributed by atoms with Crippen LogP contribution in [0.3, 0.4) is 0 Å². The van der Waals surface area contributed by atoms with Crippen LogP contribution in [0, 0.1) is 11.8 Å². The zero-order valence-corrected chi connectivity index (χ0v) is 15.3. The maximum Gasteiger partial charge on any atom is 0.251 e. The van der Waals surface area contributed by atoms with Crippen molar-refractivity contribution in [1.29, 1.82) is 0 Å². The van der Waals surface area contributed by atoms with Crippen LogP contribution in [0.5, 0.6) is 0 Å². The second kappa shape index (κ2) is 7.21. The highest BCUT2D eigenvalue weighted by molar-refractivity contribution is 7.89. The molecule has 134 valence electrons. The summed E-state index contributed by atoms with van der Waals surface area (Å²) in [7, 11) is -3.59. The Morgan fingerprint density at radius 2 is 2.04 bits per heavy atom. The molecule has 1 unspecified atom stereocenters. The zero-order chi connectivity index (χ0) is 18.0. The van der Waals surface area contributed by atoms with E-state index in [0.717, 1.165) is 12.8 Å². The van der Waals surface area contributed by atoms with Gasteiger partial charge in [-0.05, 0) is 49.8 Å². The average molecular weight is 353 g/mol. The third-order valence-corrected chi connectivity index (χ3v) is 6.18. The van der Waals surface area contributed by atoms with Crippen molar-refractivity contribution in [2.75, 3.05) is 13.1 Å². The minimum Gasteiger partial charge on any atom is -0.345 e. The smallest absolute Gasteiger partial charge is 0.251 e. The van der Waals surface area contributed by atoms with Gasteiger partial charge in [-0.15, -0.1) is 0 Å². The van der Waals surface area contributed by atoms with Gasteiger partial charge in [-0.2, -0.15) is 0 Å². The molecular weight excluding hydrogens is 326 g/mol. The second-order valence-electron chi connectivity index (χ2n) is 7.05. The van der Waals surface area contributed by atoms with Crippen molar-refractivity contribution >= 4 is 15.9 Å². The van der Waals surface area contributed by atoms with Crippen LogP contribution in [0.15, 0.2) is 29.2 Å². The minimum atomic E-state index is -3.59.